The van der Waals surface area contributed by atoms with Crippen LogP contribution in [0.1, 0.15) is 30.8 Å². The predicted octanol–water partition coefficient (Wildman–Crippen LogP) is 1.24. The van der Waals surface area contributed by atoms with Crippen LogP contribution in [0.3, 0.4) is 0 Å². The van der Waals surface area contributed by atoms with E-state index in [2.05, 4.69) is 15.5 Å². The molecular weight excluding hydrogens is 298 g/mol. The largest absolute Gasteiger partial charge is 0.467 e. The number of nitrogens with zero attached hydrogens (tertiary/aromatic N) is 1. The van der Waals surface area contributed by atoms with Gasteiger partial charge in [-0.25, -0.2) is 9.89 Å². The molecule has 23 heavy (non-hydrogen) atoms. The predicted molar refractivity (Wildman–Crippen MR) is 85.1 cm³/mol. The number of ether oxygens (including phenoxy) is 1. The number of H-pyrrole nitrogens is 1. The highest BCUT2D eigenvalue weighted by Gasteiger charge is 2.28. The number of rotatable bonds is 5. The number of aromatic amines is 1. The lowest BCUT2D eigenvalue weighted by atomic mass is 9.99. The molecule has 0 aliphatic rings. The van der Waals surface area contributed by atoms with Crippen LogP contribution in [-0.2, 0) is 9.53 Å². The molecule has 1 amide bonds. The van der Waals surface area contributed by atoms with Crippen LogP contribution < -0.4 is 10.9 Å². The zero-order valence-corrected chi connectivity index (χ0v) is 13.3. The molecule has 0 radical (unpaired) electrons. The van der Waals surface area contributed by atoms with Crippen molar-refractivity contribution in [2.75, 3.05) is 7.11 Å². The molecule has 2 aromatic rings. The quantitative estimate of drug-likeness (QED) is 0.808. The molecule has 0 fully saturated rings. The molecular formula is C16H19N3O4. The molecule has 2 N–H and O–H groups in total. The van der Waals surface area contributed by atoms with Gasteiger partial charge in [-0.1, -0.05) is 38.5 Å². The first-order valence-corrected chi connectivity index (χ1v) is 7.35. The number of hydrogen-bond donors (Lipinski definition) is 2. The molecule has 2 rings (SSSR count). The highest BCUT2D eigenvalue weighted by atomic mass is 16.5. The van der Waals surface area contributed by atoms with Crippen molar-refractivity contribution >= 4 is 22.6 Å². The van der Waals surface area contributed by atoms with Crippen molar-refractivity contribution in [3.05, 3.63) is 40.3 Å². The first-order valence-electron chi connectivity index (χ1n) is 7.35. The van der Waals surface area contributed by atoms with Gasteiger partial charge in [-0.2, -0.15) is 5.10 Å². The lowest BCUT2D eigenvalue weighted by Crippen LogP contribution is -2.46. The molecule has 7 heteroatoms. The Morgan fingerprint density at radius 3 is 2.57 bits per heavy atom. The number of carbonyl (C=O) groups excluding carboxylic acids is 2. The van der Waals surface area contributed by atoms with Crippen LogP contribution in [-0.4, -0.2) is 35.2 Å². The van der Waals surface area contributed by atoms with Crippen LogP contribution in [0.15, 0.2) is 29.1 Å². The lowest BCUT2D eigenvalue weighted by Gasteiger charge is -2.21. The number of aromatic nitrogens is 2. The maximum absolute atomic E-state index is 12.5. The molecule has 0 unspecified atom stereocenters. The third-order valence-electron chi connectivity index (χ3n) is 3.87. The second-order valence-corrected chi connectivity index (χ2v) is 5.31. The number of benzene rings is 1. The van der Waals surface area contributed by atoms with Gasteiger partial charge in [-0.15, -0.1) is 0 Å². The van der Waals surface area contributed by atoms with E-state index in [-0.39, 0.29) is 17.2 Å². The minimum Gasteiger partial charge on any atom is -0.467 e. The zero-order chi connectivity index (χ0) is 17.0. The van der Waals surface area contributed by atoms with Gasteiger partial charge in [0.05, 0.1) is 12.5 Å². The highest BCUT2D eigenvalue weighted by molar-refractivity contribution is 6.05. The van der Waals surface area contributed by atoms with E-state index in [9.17, 15) is 14.4 Å². The fourth-order valence-electron chi connectivity index (χ4n) is 2.29. The highest BCUT2D eigenvalue weighted by Crippen LogP contribution is 2.14. The van der Waals surface area contributed by atoms with Gasteiger partial charge in [0.25, 0.3) is 11.5 Å². The van der Waals surface area contributed by atoms with Crippen molar-refractivity contribution < 1.29 is 14.3 Å². The fourth-order valence-corrected chi connectivity index (χ4v) is 2.29. The van der Waals surface area contributed by atoms with Gasteiger partial charge >= 0.3 is 5.97 Å². The smallest absolute Gasteiger partial charge is 0.328 e. The Kier molecular flexibility index (Phi) is 5.10. The van der Waals surface area contributed by atoms with Crippen LogP contribution in [0.5, 0.6) is 0 Å². The number of hydrogen-bond acceptors (Lipinski definition) is 5. The maximum Gasteiger partial charge on any atom is 0.328 e. The van der Waals surface area contributed by atoms with E-state index in [1.165, 1.54) is 7.11 Å². The Bertz CT molecular complexity index is 784. The van der Waals surface area contributed by atoms with E-state index >= 15 is 0 Å². The van der Waals surface area contributed by atoms with Crippen LogP contribution >= 0.6 is 0 Å². The number of methoxy groups -OCH3 is 1. The second-order valence-electron chi connectivity index (χ2n) is 5.31. The summed E-state index contributed by atoms with van der Waals surface area (Å²) < 4.78 is 4.75. The van der Waals surface area contributed by atoms with E-state index in [0.717, 1.165) is 0 Å². The summed E-state index contributed by atoms with van der Waals surface area (Å²) in [6.07, 6.45) is 0.694. The average Bonchev–Trinajstić information content (AvgIpc) is 2.58. The standard InChI is InChI=1S/C16H19N3O4/c1-4-9(2)12(16(22)23-3)17-15(21)13-10-7-5-6-8-11(10)14(20)19-18-13/h5-9,12H,4H2,1-3H3,(H,17,21)(H,19,20)/t9-,12-/m0/s1. The number of esters is 1. The summed E-state index contributed by atoms with van der Waals surface area (Å²) in [6, 6.07) is 5.90. The summed E-state index contributed by atoms with van der Waals surface area (Å²) in [5, 5.41) is 9.58. The fraction of sp³-hybridized carbons (Fsp3) is 0.375. The SMILES string of the molecule is CC[C@H](C)[C@H](NC(=O)c1n[nH]c(=O)c2ccccc12)C(=O)OC. The number of nitrogens with one attached hydrogen (secondary N) is 2. The Hall–Kier alpha value is -2.70. The molecule has 0 spiro atoms. The topological polar surface area (TPSA) is 101 Å². The van der Waals surface area contributed by atoms with Gasteiger partial charge in [-0.05, 0) is 12.0 Å². The number of amides is 1. The Labute approximate surface area is 133 Å². The molecule has 0 saturated heterocycles. The third-order valence-corrected chi connectivity index (χ3v) is 3.87. The van der Waals surface area contributed by atoms with E-state index in [0.29, 0.717) is 17.2 Å². The normalized spacial score (nSPS) is 13.3. The van der Waals surface area contributed by atoms with E-state index < -0.39 is 17.9 Å². The summed E-state index contributed by atoms with van der Waals surface area (Å²) in [6.45, 7) is 3.76. The van der Waals surface area contributed by atoms with Crippen molar-refractivity contribution in [2.24, 2.45) is 5.92 Å². The minimum atomic E-state index is -0.773. The number of carbonyl (C=O) groups is 2. The average molecular weight is 317 g/mol. The van der Waals surface area contributed by atoms with Crippen LogP contribution in [0.2, 0.25) is 0 Å². The summed E-state index contributed by atoms with van der Waals surface area (Å²) >= 11 is 0. The molecule has 1 aromatic heterocycles. The molecule has 7 nitrogen and oxygen atoms in total. The summed E-state index contributed by atoms with van der Waals surface area (Å²) in [5.41, 5.74) is -0.305. The van der Waals surface area contributed by atoms with E-state index in [1.54, 1.807) is 24.3 Å². The molecule has 0 bridgehead atoms. The number of fused-ring (bicyclic) bond motifs is 1. The summed E-state index contributed by atoms with van der Waals surface area (Å²) in [7, 11) is 1.28. The van der Waals surface area contributed by atoms with Crippen molar-refractivity contribution in [1.29, 1.82) is 0 Å². The molecule has 0 saturated carbocycles. The van der Waals surface area contributed by atoms with Crippen LogP contribution in [0, 0.1) is 5.92 Å². The van der Waals surface area contributed by atoms with Crippen molar-refractivity contribution in [1.82, 2.24) is 15.5 Å². The lowest BCUT2D eigenvalue weighted by molar-refractivity contribution is -0.144. The first kappa shape index (κ1) is 16.7. The van der Waals surface area contributed by atoms with Gasteiger partial charge in [0.1, 0.15) is 6.04 Å². The molecule has 0 aliphatic heterocycles. The second kappa shape index (κ2) is 7.04. The van der Waals surface area contributed by atoms with Gasteiger partial charge in [0, 0.05) is 5.39 Å². The van der Waals surface area contributed by atoms with Crippen LogP contribution in [0.4, 0.5) is 0 Å². The van der Waals surface area contributed by atoms with Gasteiger partial charge in [0.15, 0.2) is 5.69 Å². The third kappa shape index (κ3) is 3.39. The monoisotopic (exact) mass is 317 g/mol. The van der Waals surface area contributed by atoms with Gasteiger partial charge in [-0.3, -0.25) is 9.59 Å². The molecule has 0 aliphatic carbocycles. The van der Waals surface area contributed by atoms with Gasteiger partial charge < -0.3 is 10.1 Å². The minimum absolute atomic E-state index is 0.0670. The summed E-state index contributed by atoms with van der Waals surface area (Å²) in [5.74, 6) is -1.14. The van der Waals surface area contributed by atoms with Crippen molar-refractivity contribution in [3.8, 4) is 0 Å². The maximum atomic E-state index is 12.5. The molecule has 122 valence electrons. The molecule has 2 atom stereocenters. The van der Waals surface area contributed by atoms with Crippen LogP contribution in [0.25, 0.3) is 10.8 Å². The molecule has 1 aromatic carbocycles. The van der Waals surface area contributed by atoms with E-state index in [4.69, 9.17) is 4.74 Å². The first-order chi connectivity index (χ1) is 11.0. The zero-order valence-electron chi connectivity index (χ0n) is 13.3. The van der Waals surface area contributed by atoms with Crippen molar-refractivity contribution in [2.45, 2.75) is 26.3 Å². The van der Waals surface area contributed by atoms with Crippen molar-refractivity contribution in [3.63, 3.8) is 0 Å². The van der Waals surface area contributed by atoms with E-state index in [1.807, 2.05) is 13.8 Å². The Morgan fingerprint density at radius 2 is 1.96 bits per heavy atom. The van der Waals surface area contributed by atoms with Gasteiger partial charge in [0.2, 0.25) is 0 Å². The molecule has 1 heterocycles. The Morgan fingerprint density at radius 1 is 1.30 bits per heavy atom. The summed E-state index contributed by atoms with van der Waals surface area (Å²) in [4.78, 5) is 36.2. The Balaban J connectivity index is 2.39.